The summed E-state index contributed by atoms with van der Waals surface area (Å²) in [5, 5.41) is 21.5. The van der Waals surface area contributed by atoms with E-state index < -0.39 is 5.60 Å². The maximum absolute atomic E-state index is 10.7. The van der Waals surface area contributed by atoms with E-state index in [1.165, 1.54) is 32.4 Å². The van der Waals surface area contributed by atoms with Gasteiger partial charge in [0.25, 0.3) is 0 Å². The van der Waals surface area contributed by atoms with Gasteiger partial charge in [-0.1, -0.05) is 0 Å². The third-order valence-electron chi connectivity index (χ3n) is 5.15. The molecule has 0 amide bonds. The molecule has 2 unspecified atom stereocenters. The fourth-order valence-electron chi connectivity index (χ4n) is 3.41. The van der Waals surface area contributed by atoms with Crippen molar-refractivity contribution in [1.29, 1.82) is 0 Å². The van der Waals surface area contributed by atoms with Crippen LogP contribution in [0.15, 0.2) is 17.4 Å². The van der Waals surface area contributed by atoms with Crippen LogP contribution in [0.4, 0.5) is 0 Å². The summed E-state index contributed by atoms with van der Waals surface area (Å²) in [6.07, 6.45) is 7.55. The summed E-state index contributed by atoms with van der Waals surface area (Å²) < 4.78 is 1.70. The Morgan fingerprint density at radius 3 is 2.77 bits per heavy atom. The molecular weight excluding hydrogens is 443 g/mol. The van der Waals surface area contributed by atoms with Gasteiger partial charge in [-0.25, -0.2) is 4.99 Å². The lowest BCUT2D eigenvalue weighted by molar-refractivity contribution is 0.0671. The lowest BCUT2D eigenvalue weighted by Crippen LogP contribution is -2.41. The molecule has 2 atom stereocenters. The Bertz CT molecular complexity index is 598. The van der Waals surface area contributed by atoms with Crippen molar-refractivity contribution in [2.24, 2.45) is 18.0 Å². The Morgan fingerprint density at radius 2 is 2.15 bits per heavy atom. The SMILES string of the molecule is CCNC(=NCC(C)(O)c1cnn(C)c1)NCC1CCN(C2CC2)C1.I. The predicted octanol–water partition coefficient (Wildman–Crippen LogP) is 1.28. The number of aryl methyl sites for hydroxylation is 1. The lowest BCUT2D eigenvalue weighted by Gasteiger charge is -2.21. The van der Waals surface area contributed by atoms with Crippen molar-refractivity contribution in [3.05, 3.63) is 18.0 Å². The number of nitrogens with one attached hydrogen (secondary N) is 2. The number of halogens is 1. The predicted molar refractivity (Wildman–Crippen MR) is 115 cm³/mol. The van der Waals surface area contributed by atoms with E-state index in [0.717, 1.165) is 30.7 Å². The van der Waals surface area contributed by atoms with Crippen molar-refractivity contribution in [2.45, 2.75) is 44.8 Å². The van der Waals surface area contributed by atoms with Crippen LogP contribution >= 0.6 is 24.0 Å². The molecule has 2 aliphatic rings. The smallest absolute Gasteiger partial charge is 0.191 e. The van der Waals surface area contributed by atoms with Gasteiger partial charge in [-0.3, -0.25) is 4.68 Å². The third kappa shape index (κ3) is 5.82. The molecule has 0 radical (unpaired) electrons. The first kappa shape index (κ1) is 21.4. The van der Waals surface area contributed by atoms with Gasteiger partial charge in [0.15, 0.2) is 5.96 Å². The number of aliphatic imine (C=N–C) groups is 1. The van der Waals surface area contributed by atoms with Crippen LogP contribution in [0.1, 0.15) is 38.7 Å². The number of hydrogen-bond donors (Lipinski definition) is 3. The summed E-state index contributed by atoms with van der Waals surface area (Å²) >= 11 is 0. The normalized spacial score (nSPS) is 23.4. The molecule has 26 heavy (non-hydrogen) atoms. The van der Waals surface area contributed by atoms with Crippen LogP contribution < -0.4 is 10.6 Å². The summed E-state index contributed by atoms with van der Waals surface area (Å²) in [4.78, 5) is 7.22. The highest BCUT2D eigenvalue weighted by atomic mass is 127. The second kappa shape index (κ2) is 9.36. The van der Waals surface area contributed by atoms with E-state index in [-0.39, 0.29) is 24.0 Å². The molecule has 1 saturated carbocycles. The van der Waals surface area contributed by atoms with Gasteiger partial charge in [0.05, 0.1) is 12.7 Å². The molecule has 1 saturated heterocycles. The second-order valence-electron chi connectivity index (χ2n) is 7.63. The molecule has 7 nitrogen and oxygen atoms in total. The molecule has 1 aliphatic carbocycles. The minimum atomic E-state index is -1.02. The van der Waals surface area contributed by atoms with Gasteiger partial charge in [-0.2, -0.15) is 5.10 Å². The Balaban J connectivity index is 0.00000243. The molecule has 2 fully saturated rings. The quantitative estimate of drug-likeness (QED) is 0.314. The van der Waals surface area contributed by atoms with Gasteiger partial charge in [0, 0.05) is 44.5 Å². The Morgan fingerprint density at radius 1 is 1.38 bits per heavy atom. The zero-order chi connectivity index (χ0) is 17.9. The van der Waals surface area contributed by atoms with Crippen molar-refractivity contribution in [2.75, 3.05) is 32.7 Å². The Labute approximate surface area is 173 Å². The number of rotatable bonds is 7. The molecule has 8 heteroatoms. The van der Waals surface area contributed by atoms with E-state index >= 15 is 0 Å². The summed E-state index contributed by atoms with van der Waals surface area (Å²) in [7, 11) is 1.85. The van der Waals surface area contributed by atoms with E-state index in [2.05, 4.69) is 32.5 Å². The molecular formula is C18H33IN6O. The van der Waals surface area contributed by atoms with Gasteiger partial charge in [0.2, 0.25) is 0 Å². The first-order valence-corrected chi connectivity index (χ1v) is 9.45. The zero-order valence-corrected chi connectivity index (χ0v) is 18.4. The molecule has 1 aliphatic heterocycles. The molecule has 2 heterocycles. The number of likely N-dealkylation sites (tertiary alicyclic amines) is 1. The molecule has 0 bridgehead atoms. The Kier molecular flexibility index (Phi) is 7.72. The summed E-state index contributed by atoms with van der Waals surface area (Å²) in [5.41, 5.74) is -0.238. The summed E-state index contributed by atoms with van der Waals surface area (Å²) in [6, 6.07) is 0.862. The van der Waals surface area contributed by atoms with Gasteiger partial charge < -0.3 is 20.6 Å². The van der Waals surface area contributed by atoms with Crippen LogP contribution in [-0.2, 0) is 12.6 Å². The summed E-state index contributed by atoms with van der Waals surface area (Å²) in [6.45, 7) is 8.31. The van der Waals surface area contributed by atoms with Gasteiger partial charge >= 0.3 is 0 Å². The van der Waals surface area contributed by atoms with Gasteiger partial charge in [-0.05, 0) is 45.6 Å². The van der Waals surface area contributed by atoms with Crippen LogP contribution in [0.2, 0.25) is 0 Å². The molecule has 1 aromatic heterocycles. The average molecular weight is 476 g/mol. The van der Waals surface area contributed by atoms with Crippen LogP contribution in [0.3, 0.4) is 0 Å². The number of aromatic nitrogens is 2. The molecule has 3 rings (SSSR count). The highest BCUT2D eigenvalue weighted by Crippen LogP contribution is 2.31. The lowest BCUT2D eigenvalue weighted by atomic mass is 10.0. The van der Waals surface area contributed by atoms with Crippen LogP contribution in [0, 0.1) is 5.92 Å². The van der Waals surface area contributed by atoms with E-state index in [1.807, 2.05) is 13.2 Å². The highest BCUT2D eigenvalue weighted by Gasteiger charge is 2.34. The number of aliphatic hydroxyl groups is 1. The van der Waals surface area contributed by atoms with Crippen molar-refractivity contribution in [1.82, 2.24) is 25.3 Å². The average Bonchev–Trinajstić information content (AvgIpc) is 3.15. The first-order valence-electron chi connectivity index (χ1n) is 9.45. The number of nitrogens with zero attached hydrogens (tertiary/aromatic N) is 4. The standard InChI is InChI=1S/C18H32N6O.HI/c1-4-19-17(20-9-14-7-8-24(11-14)16-5-6-16)21-13-18(2,25)15-10-22-23(3)12-15;/h10,12,14,16,25H,4-9,11,13H2,1-3H3,(H2,19,20,21);1H. The fourth-order valence-corrected chi connectivity index (χ4v) is 3.41. The maximum atomic E-state index is 10.7. The molecule has 148 valence electrons. The monoisotopic (exact) mass is 476 g/mol. The molecule has 1 aromatic rings. The van der Waals surface area contributed by atoms with Crippen molar-refractivity contribution >= 4 is 29.9 Å². The minimum absolute atomic E-state index is 0. The topological polar surface area (TPSA) is 77.7 Å². The van der Waals surface area contributed by atoms with E-state index in [1.54, 1.807) is 17.8 Å². The van der Waals surface area contributed by atoms with Crippen LogP contribution in [0.5, 0.6) is 0 Å². The van der Waals surface area contributed by atoms with Gasteiger partial charge in [0.1, 0.15) is 5.60 Å². The maximum Gasteiger partial charge on any atom is 0.191 e. The summed E-state index contributed by atoms with van der Waals surface area (Å²) in [5.74, 6) is 1.46. The first-order chi connectivity index (χ1) is 12.0. The third-order valence-corrected chi connectivity index (χ3v) is 5.15. The second-order valence-corrected chi connectivity index (χ2v) is 7.63. The van der Waals surface area contributed by atoms with Crippen molar-refractivity contribution < 1.29 is 5.11 Å². The molecule has 0 aromatic carbocycles. The Hall–Kier alpha value is -0.870. The van der Waals surface area contributed by atoms with Gasteiger partial charge in [-0.15, -0.1) is 24.0 Å². The minimum Gasteiger partial charge on any atom is -0.383 e. The van der Waals surface area contributed by atoms with E-state index in [4.69, 9.17) is 0 Å². The van der Waals surface area contributed by atoms with E-state index in [9.17, 15) is 5.11 Å². The molecule has 3 N–H and O–H groups in total. The highest BCUT2D eigenvalue weighted by molar-refractivity contribution is 14.0. The van der Waals surface area contributed by atoms with Crippen LogP contribution in [-0.4, -0.2) is 64.5 Å². The zero-order valence-electron chi connectivity index (χ0n) is 16.1. The van der Waals surface area contributed by atoms with Crippen molar-refractivity contribution in [3.63, 3.8) is 0 Å². The molecule has 0 spiro atoms. The van der Waals surface area contributed by atoms with Crippen molar-refractivity contribution in [3.8, 4) is 0 Å². The van der Waals surface area contributed by atoms with E-state index in [0.29, 0.717) is 12.5 Å². The largest absolute Gasteiger partial charge is 0.383 e. The van der Waals surface area contributed by atoms with Crippen LogP contribution in [0.25, 0.3) is 0 Å². The number of guanidine groups is 1. The fraction of sp³-hybridized carbons (Fsp3) is 0.778. The number of hydrogen-bond acceptors (Lipinski definition) is 4.